The second-order valence-corrected chi connectivity index (χ2v) is 6.59. The van der Waals surface area contributed by atoms with Crippen LogP contribution in [-0.4, -0.2) is 37.1 Å². The molecular formula is C18H29N5. The number of hydrogen-bond donors (Lipinski definition) is 2. The first-order valence-electron chi connectivity index (χ1n) is 9.07. The molecule has 1 aromatic heterocycles. The summed E-state index contributed by atoms with van der Waals surface area (Å²) in [7, 11) is 0. The second kappa shape index (κ2) is 8.18. The van der Waals surface area contributed by atoms with Gasteiger partial charge >= 0.3 is 0 Å². The first kappa shape index (κ1) is 16.1. The summed E-state index contributed by atoms with van der Waals surface area (Å²) < 4.78 is 0. The lowest BCUT2D eigenvalue weighted by atomic mass is 10.1. The fourth-order valence-corrected chi connectivity index (χ4v) is 2.93. The van der Waals surface area contributed by atoms with Crippen molar-refractivity contribution < 1.29 is 0 Å². The van der Waals surface area contributed by atoms with E-state index in [2.05, 4.69) is 39.6 Å². The van der Waals surface area contributed by atoms with E-state index in [4.69, 9.17) is 4.99 Å². The average molecular weight is 315 g/mol. The van der Waals surface area contributed by atoms with Crippen LogP contribution in [-0.2, 0) is 6.54 Å². The second-order valence-electron chi connectivity index (χ2n) is 6.59. The Kier molecular flexibility index (Phi) is 5.72. The van der Waals surface area contributed by atoms with E-state index in [9.17, 15) is 0 Å². The summed E-state index contributed by atoms with van der Waals surface area (Å²) in [5, 5.41) is 6.77. The average Bonchev–Trinajstić information content (AvgIpc) is 3.43. The molecule has 23 heavy (non-hydrogen) atoms. The molecule has 126 valence electrons. The third kappa shape index (κ3) is 5.12. The lowest BCUT2D eigenvalue weighted by Crippen LogP contribution is -2.38. The van der Waals surface area contributed by atoms with Crippen molar-refractivity contribution in [3.05, 3.63) is 23.9 Å². The number of aromatic nitrogens is 1. The van der Waals surface area contributed by atoms with E-state index in [-0.39, 0.29) is 0 Å². The number of nitrogens with zero attached hydrogens (tertiary/aromatic N) is 3. The van der Waals surface area contributed by atoms with Gasteiger partial charge in [0, 0.05) is 32.4 Å². The number of hydrogen-bond acceptors (Lipinski definition) is 3. The zero-order valence-corrected chi connectivity index (χ0v) is 14.2. The van der Waals surface area contributed by atoms with Crippen molar-refractivity contribution in [3.8, 4) is 0 Å². The fourth-order valence-electron chi connectivity index (χ4n) is 2.93. The Morgan fingerprint density at radius 2 is 2.09 bits per heavy atom. The van der Waals surface area contributed by atoms with Crippen LogP contribution in [0.1, 0.15) is 44.6 Å². The molecule has 0 unspecified atom stereocenters. The number of aliphatic imine (C=N–C) groups is 1. The zero-order chi connectivity index (χ0) is 15.9. The van der Waals surface area contributed by atoms with Gasteiger partial charge in [0.05, 0.1) is 6.54 Å². The zero-order valence-electron chi connectivity index (χ0n) is 14.2. The van der Waals surface area contributed by atoms with Crippen LogP contribution in [0.15, 0.2) is 23.3 Å². The topological polar surface area (TPSA) is 52.6 Å². The van der Waals surface area contributed by atoms with Crippen LogP contribution in [0.5, 0.6) is 0 Å². The molecule has 2 aliphatic rings. The molecule has 1 saturated carbocycles. The summed E-state index contributed by atoms with van der Waals surface area (Å²) in [6.45, 7) is 7.00. The smallest absolute Gasteiger partial charge is 0.191 e. The molecule has 0 bridgehead atoms. The number of anilines is 1. The van der Waals surface area contributed by atoms with Gasteiger partial charge in [-0.05, 0) is 62.6 Å². The van der Waals surface area contributed by atoms with Crippen molar-refractivity contribution in [3.63, 3.8) is 0 Å². The first-order valence-corrected chi connectivity index (χ1v) is 9.07. The Labute approximate surface area is 139 Å². The Balaban J connectivity index is 1.59. The van der Waals surface area contributed by atoms with Gasteiger partial charge < -0.3 is 15.5 Å². The monoisotopic (exact) mass is 315 g/mol. The van der Waals surface area contributed by atoms with Gasteiger partial charge in [-0.2, -0.15) is 0 Å². The van der Waals surface area contributed by atoms with Crippen molar-refractivity contribution in [2.75, 3.05) is 31.1 Å². The van der Waals surface area contributed by atoms with Crippen LogP contribution in [0, 0.1) is 5.92 Å². The minimum Gasteiger partial charge on any atom is -0.357 e. The van der Waals surface area contributed by atoms with Gasteiger partial charge in [-0.1, -0.05) is 0 Å². The highest BCUT2D eigenvalue weighted by atomic mass is 15.2. The lowest BCUT2D eigenvalue weighted by Gasteiger charge is -2.27. The minimum atomic E-state index is 0.698. The Hall–Kier alpha value is -1.78. The van der Waals surface area contributed by atoms with Gasteiger partial charge in [-0.25, -0.2) is 9.98 Å². The number of piperidine rings is 1. The maximum Gasteiger partial charge on any atom is 0.191 e. The van der Waals surface area contributed by atoms with Crippen LogP contribution < -0.4 is 15.5 Å². The summed E-state index contributed by atoms with van der Waals surface area (Å²) in [4.78, 5) is 11.7. The van der Waals surface area contributed by atoms with Crippen molar-refractivity contribution >= 4 is 11.8 Å². The number of rotatable bonds is 6. The number of guanidine groups is 1. The van der Waals surface area contributed by atoms with Crippen LogP contribution in [0.25, 0.3) is 0 Å². The van der Waals surface area contributed by atoms with E-state index in [0.717, 1.165) is 43.9 Å². The quantitative estimate of drug-likeness (QED) is 0.626. The molecule has 2 heterocycles. The summed E-state index contributed by atoms with van der Waals surface area (Å²) >= 11 is 0. The highest BCUT2D eigenvalue weighted by Crippen LogP contribution is 2.27. The van der Waals surface area contributed by atoms with Crippen molar-refractivity contribution in [1.29, 1.82) is 0 Å². The molecule has 2 N–H and O–H groups in total. The highest BCUT2D eigenvalue weighted by molar-refractivity contribution is 5.79. The molecular weight excluding hydrogens is 286 g/mol. The van der Waals surface area contributed by atoms with Gasteiger partial charge in [0.25, 0.3) is 0 Å². The molecule has 2 fully saturated rings. The lowest BCUT2D eigenvalue weighted by molar-refractivity contribution is 0.573. The highest BCUT2D eigenvalue weighted by Gasteiger charge is 2.21. The summed E-state index contributed by atoms with van der Waals surface area (Å²) in [6.07, 6.45) is 8.53. The standard InChI is InChI=1S/C18H29N5/c1-2-19-18(21-13-15-6-7-15)22-14-16-8-9-20-17(12-16)23-10-4-3-5-11-23/h8-9,12,15H,2-7,10-11,13-14H2,1H3,(H2,19,21,22). The summed E-state index contributed by atoms with van der Waals surface area (Å²) in [5.41, 5.74) is 1.23. The van der Waals surface area contributed by atoms with E-state index in [1.165, 1.54) is 37.7 Å². The van der Waals surface area contributed by atoms with Crippen LogP contribution in [0.4, 0.5) is 5.82 Å². The predicted molar refractivity (Wildman–Crippen MR) is 95.8 cm³/mol. The molecule has 1 saturated heterocycles. The van der Waals surface area contributed by atoms with E-state index in [1.807, 2.05) is 6.20 Å². The predicted octanol–water partition coefficient (Wildman–Crippen LogP) is 2.54. The Bertz CT molecular complexity index is 518. The molecule has 0 radical (unpaired) electrons. The van der Waals surface area contributed by atoms with E-state index < -0.39 is 0 Å². The molecule has 0 atom stereocenters. The van der Waals surface area contributed by atoms with E-state index in [1.54, 1.807) is 0 Å². The van der Waals surface area contributed by atoms with Gasteiger partial charge in [0.15, 0.2) is 5.96 Å². The van der Waals surface area contributed by atoms with Crippen LogP contribution in [0.3, 0.4) is 0 Å². The molecule has 5 nitrogen and oxygen atoms in total. The van der Waals surface area contributed by atoms with E-state index in [0.29, 0.717) is 6.54 Å². The SMILES string of the molecule is CCNC(=NCc1ccnc(N2CCCCC2)c1)NCC1CC1. The largest absolute Gasteiger partial charge is 0.357 e. The normalized spacial score (nSPS) is 18.8. The van der Waals surface area contributed by atoms with Crippen LogP contribution >= 0.6 is 0 Å². The van der Waals surface area contributed by atoms with Crippen molar-refractivity contribution in [1.82, 2.24) is 15.6 Å². The van der Waals surface area contributed by atoms with Gasteiger partial charge in [-0.3, -0.25) is 0 Å². The minimum absolute atomic E-state index is 0.698. The molecule has 0 spiro atoms. The van der Waals surface area contributed by atoms with Gasteiger partial charge in [0.1, 0.15) is 5.82 Å². The fraction of sp³-hybridized carbons (Fsp3) is 0.667. The Morgan fingerprint density at radius 3 is 2.83 bits per heavy atom. The molecule has 0 aromatic carbocycles. The number of pyridine rings is 1. The summed E-state index contributed by atoms with van der Waals surface area (Å²) in [5.74, 6) is 2.88. The molecule has 3 rings (SSSR count). The molecule has 1 aliphatic carbocycles. The Morgan fingerprint density at radius 1 is 1.26 bits per heavy atom. The number of nitrogens with one attached hydrogen (secondary N) is 2. The molecule has 1 aliphatic heterocycles. The van der Waals surface area contributed by atoms with Gasteiger partial charge in [-0.15, -0.1) is 0 Å². The third-order valence-corrected chi connectivity index (χ3v) is 4.51. The first-order chi connectivity index (χ1) is 11.3. The molecule has 1 aromatic rings. The molecule has 0 amide bonds. The maximum atomic E-state index is 4.72. The molecule has 5 heteroatoms. The maximum absolute atomic E-state index is 4.72. The van der Waals surface area contributed by atoms with Crippen molar-refractivity contribution in [2.24, 2.45) is 10.9 Å². The van der Waals surface area contributed by atoms with Crippen molar-refractivity contribution in [2.45, 2.75) is 45.6 Å². The van der Waals surface area contributed by atoms with E-state index >= 15 is 0 Å². The van der Waals surface area contributed by atoms with Crippen LogP contribution in [0.2, 0.25) is 0 Å². The third-order valence-electron chi connectivity index (χ3n) is 4.51. The van der Waals surface area contributed by atoms with Gasteiger partial charge in [0.2, 0.25) is 0 Å². The summed E-state index contributed by atoms with van der Waals surface area (Å²) in [6, 6.07) is 4.26.